The molecule has 0 aliphatic carbocycles. The minimum Gasteiger partial charge on any atom is -0.327 e. The largest absolute Gasteiger partial charge is 0.327 e. The lowest BCUT2D eigenvalue weighted by Crippen LogP contribution is -2.26. The first-order valence-corrected chi connectivity index (χ1v) is 6.12. The van der Waals surface area contributed by atoms with Gasteiger partial charge in [0.15, 0.2) is 0 Å². The van der Waals surface area contributed by atoms with Crippen molar-refractivity contribution in [2.24, 2.45) is 5.73 Å². The van der Waals surface area contributed by atoms with Crippen molar-refractivity contribution >= 4 is 11.6 Å². The summed E-state index contributed by atoms with van der Waals surface area (Å²) >= 11 is 5.63. The van der Waals surface area contributed by atoms with Gasteiger partial charge >= 0.3 is 0 Å². The van der Waals surface area contributed by atoms with Gasteiger partial charge in [-0.15, -0.1) is 0 Å². The van der Waals surface area contributed by atoms with E-state index in [1.54, 1.807) is 18.3 Å². The summed E-state index contributed by atoms with van der Waals surface area (Å²) in [5.74, 6) is -0.404. The van der Waals surface area contributed by atoms with Crippen molar-refractivity contribution < 1.29 is 4.39 Å². The van der Waals surface area contributed by atoms with Crippen molar-refractivity contribution in [3.8, 4) is 0 Å². The van der Waals surface area contributed by atoms with E-state index in [0.717, 1.165) is 11.3 Å². The molecule has 0 aliphatic rings. The van der Waals surface area contributed by atoms with Crippen LogP contribution in [0.5, 0.6) is 0 Å². The quantitative estimate of drug-likeness (QED) is 0.922. The number of halogens is 2. The molecule has 0 bridgehead atoms. The molecule has 18 heavy (non-hydrogen) atoms. The summed E-state index contributed by atoms with van der Waals surface area (Å²) in [7, 11) is 0. The van der Waals surface area contributed by atoms with Gasteiger partial charge in [-0.25, -0.2) is 4.39 Å². The summed E-state index contributed by atoms with van der Waals surface area (Å²) in [4.78, 5) is 4.22. The number of nitrogens with two attached hydrogens (primary N) is 1. The van der Waals surface area contributed by atoms with Crippen LogP contribution in [0.1, 0.15) is 11.3 Å². The van der Waals surface area contributed by atoms with Crippen LogP contribution in [0.15, 0.2) is 42.6 Å². The van der Waals surface area contributed by atoms with Gasteiger partial charge in [0, 0.05) is 24.4 Å². The Hall–Kier alpha value is -1.45. The molecule has 1 heterocycles. The minimum atomic E-state index is -0.404. The molecular formula is C14H14ClFN2. The standard InChI is InChI=1S/C14H14ClFN2/c15-13-5-4-10(8-14(13)16)7-11(17)9-12-3-1-2-6-18-12/h1-6,8,11H,7,9,17H2. The van der Waals surface area contributed by atoms with E-state index in [9.17, 15) is 4.39 Å². The highest BCUT2D eigenvalue weighted by Gasteiger charge is 2.08. The van der Waals surface area contributed by atoms with E-state index in [4.69, 9.17) is 17.3 Å². The summed E-state index contributed by atoms with van der Waals surface area (Å²) in [5, 5.41) is 0.136. The third kappa shape index (κ3) is 3.52. The van der Waals surface area contributed by atoms with E-state index in [1.807, 2.05) is 18.2 Å². The van der Waals surface area contributed by atoms with Crippen LogP contribution in [0, 0.1) is 5.82 Å². The number of nitrogens with zero attached hydrogens (tertiary/aromatic N) is 1. The first kappa shape index (κ1) is 13.0. The molecule has 4 heteroatoms. The molecule has 0 saturated heterocycles. The summed E-state index contributed by atoms with van der Waals surface area (Å²) in [5.41, 5.74) is 7.82. The SMILES string of the molecule is NC(Cc1ccc(Cl)c(F)c1)Cc1ccccn1. The van der Waals surface area contributed by atoms with Gasteiger partial charge < -0.3 is 5.73 Å². The molecule has 2 aromatic rings. The molecule has 0 saturated carbocycles. The highest BCUT2D eigenvalue weighted by atomic mass is 35.5. The van der Waals surface area contributed by atoms with Crippen LogP contribution in [0.2, 0.25) is 5.02 Å². The average Bonchev–Trinajstić information content (AvgIpc) is 2.35. The van der Waals surface area contributed by atoms with E-state index < -0.39 is 5.82 Å². The monoisotopic (exact) mass is 264 g/mol. The Labute approximate surface area is 111 Å². The second-order valence-electron chi connectivity index (χ2n) is 4.24. The molecule has 1 aromatic carbocycles. The van der Waals surface area contributed by atoms with Crippen LogP contribution in [0.25, 0.3) is 0 Å². The van der Waals surface area contributed by atoms with E-state index in [0.29, 0.717) is 12.8 Å². The van der Waals surface area contributed by atoms with Crippen LogP contribution in [0.4, 0.5) is 4.39 Å². The maximum Gasteiger partial charge on any atom is 0.142 e. The fourth-order valence-electron chi connectivity index (χ4n) is 1.83. The predicted molar refractivity (Wildman–Crippen MR) is 71.0 cm³/mol. The summed E-state index contributed by atoms with van der Waals surface area (Å²) in [6.07, 6.45) is 3.01. The van der Waals surface area contributed by atoms with Crippen LogP contribution in [-0.2, 0) is 12.8 Å². The third-order valence-electron chi connectivity index (χ3n) is 2.68. The smallest absolute Gasteiger partial charge is 0.142 e. The first-order chi connectivity index (χ1) is 8.65. The van der Waals surface area contributed by atoms with Crippen LogP contribution >= 0.6 is 11.6 Å². The van der Waals surface area contributed by atoms with Crippen LogP contribution < -0.4 is 5.73 Å². The molecular weight excluding hydrogens is 251 g/mol. The van der Waals surface area contributed by atoms with Gasteiger partial charge in [-0.05, 0) is 36.2 Å². The van der Waals surface area contributed by atoms with Crippen molar-refractivity contribution in [1.82, 2.24) is 4.98 Å². The normalized spacial score (nSPS) is 12.4. The number of pyridine rings is 1. The lowest BCUT2D eigenvalue weighted by molar-refractivity contribution is 0.617. The van der Waals surface area contributed by atoms with E-state index in [1.165, 1.54) is 6.07 Å². The van der Waals surface area contributed by atoms with Crippen molar-refractivity contribution in [2.75, 3.05) is 0 Å². The predicted octanol–water partition coefficient (Wildman–Crippen LogP) is 2.99. The Morgan fingerprint density at radius 2 is 2.06 bits per heavy atom. The Morgan fingerprint density at radius 3 is 2.72 bits per heavy atom. The molecule has 0 radical (unpaired) electrons. The Bertz CT molecular complexity index is 516. The second-order valence-corrected chi connectivity index (χ2v) is 4.65. The number of aromatic nitrogens is 1. The average molecular weight is 265 g/mol. The topological polar surface area (TPSA) is 38.9 Å². The van der Waals surface area contributed by atoms with Crippen molar-refractivity contribution in [2.45, 2.75) is 18.9 Å². The maximum absolute atomic E-state index is 13.3. The van der Waals surface area contributed by atoms with Crippen LogP contribution in [0.3, 0.4) is 0 Å². The van der Waals surface area contributed by atoms with Gasteiger partial charge in [0.05, 0.1) is 5.02 Å². The van der Waals surface area contributed by atoms with Gasteiger partial charge in [-0.2, -0.15) is 0 Å². The number of hydrogen-bond acceptors (Lipinski definition) is 2. The number of benzene rings is 1. The Kier molecular flexibility index (Phi) is 4.28. The molecule has 2 rings (SSSR count). The summed E-state index contributed by atoms with van der Waals surface area (Å²) in [6.45, 7) is 0. The molecule has 1 atom stereocenters. The lowest BCUT2D eigenvalue weighted by Gasteiger charge is -2.11. The fraction of sp³-hybridized carbons (Fsp3) is 0.214. The molecule has 0 spiro atoms. The molecule has 0 fully saturated rings. The highest BCUT2D eigenvalue weighted by Crippen LogP contribution is 2.16. The van der Waals surface area contributed by atoms with Crippen molar-refractivity contribution in [3.05, 3.63) is 64.7 Å². The Balaban J connectivity index is 1.99. The van der Waals surface area contributed by atoms with Gasteiger partial charge in [0.1, 0.15) is 5.82 Å². The lowest BCUT2D eigenvalue weighted by atomic mass is 10.0. The molecule has 1 aromatic heterocycles. The zero-order valence-corrected chi connectivity index (χ0v) is 10.6. The summed E-state index contributed by atoms with van der Waals surface area (Å²) in [6, 6.07) is 10.4. The summed E-state index contributed by atoms with van der Waals surface area (Å²) < 4.78 is 13.3. The fourth-order valence-corrected chi connectivity index (χ4v) is 1.95. The van der Waals surface area contributed by atoms with Crippen LogP contribution in [-0.4, -0.2) is 11.0 Å². The van der Waals surface area contributed by atoms with E-state index in [-0.39, 0.29) is 11.1 Å². The maximum atomic E-state index is 13.3. The molecule has 94 valence electrons. The molecule has 2 N–H and O–H groups in total. The zero-order valence-electron chi connectivity index (χ0n) is 9.81. The molecule has 2 nitrogen and oxygen atoms in total. The Morgan fingerprint density at radius 1 is 1.22 bits per heavy atom. The first-order valence-electron chi connectivity index (χ1n) is 5.74. The van der Waals surface area contributed by atoms with E-state index >= 15 is 0 Å². The molecule has 0 aliphatic heterocycles. The second kappa shape index (κ2) is 5.94. The van der Waals surface area contributed by atoms with Crippen molar-refractivity contribution in [3.63, 3.8) is 0 Å². The third-order valence-corrected chi connectivity index (χ3v) is 2.99. The van der Waals surface area contributed by atoms with Gasteiger partial charge in [-0.3, -0.25) is 4.98 Å². The molecule has 0 amide bonds. The van der Waals surface area contributed by atoms with Gasteiger partial charge in [0.25, 0.3) is 0 Å². The molecule has 1 unspecified atom stereocenters. The zero-order chi connectivity index (χ0) is 13.0. The van der Waals surface area contributed by atoms with Gasteiger partial charge in [-0.1, -0.05) is 23.7 Å². The number of hydrogen-bond donors (Lipinski definition) is 1. The van der Waals surface area contributed by atoms with E-state index in [2.05, 4.69) is 4.98 Å². The van der Waals surface area contributed by atoms with Gasteiger partial charge in [0.2, 0.25) is 0 Å². The minimum absolute atomic E-state index is 0.0829. The van der Waals surface area contributed by atoms with Crippen molar-refractivity contribution in [1.29, 1.82) is 0 Å². The number of rotatable bonds is 4. The highest BCUT2D eigenvalue weighted by molar-refractivity contribution is 6.30.